The minimum atomic E-state index is 0.439. The van der Waals surface area contributed by atoms with Crippen LogP contribution in [0.5, 0.6) is 0 Å². The Morgan fingerprint density at radius 2 is 1.94 bits per heavy atom. The lowest BCUT2D eigenvalue weighted by Gasteiger charge is -2.13. The number of rotatable bonds is 7. The molecule has 1 unspecified atom stereocenters. The Morgan fingerprint density at radius 3 is 2.50 bits per heavy atom. The van der Waals surface area contributed by atoms with E-state index in [2.05, 4.69) is 53.1 Å². The van der Waals surface area contributed by atoms with Gasteiger partial charge in [0.1, 0.15) is 5.82 Å². The van der Waals surface area contributed by atoms with Crippen molar-refractivity contribution in [3.63, 3.8) is 0 Å². The quantitative estimate of drug-likeness (QED) is 0.734. The molecule has 0 spiro atoms. The predicted molar refractivity (Wildman–Crippen MR) is 66.7 cm³/mol. The van der Waals surface area contributed by atoms with E-state index in [1.807, 2.05) is 0 Å². The Morgan fingerprint density at radius 1 is 1.19 bits per heavy atom. The highest BCUT2D eigenvalue weighted by Gasteiger charge is 2.12. The number of hydrogen-bond donors (Lipinski definition) is 2. The fourth-order valence-electron chi connectivity index (χ4n) is 1.80. The molecule has 0 bridgehead atoms. The summed E-state index contributed by atoms with van der Waals surface area (Å²) in [5.41, 5.74) is 0. The first kappa shape index (κ1) is 13.0. The smallest absolute Gasteiger partial charge is 0.224 e. The monoisotopic (exact) mass is 225 g/mol. The second-order valence-corrected chi connectivity index (χ2v) is 3.88. The summed E-state index contributed by atoms with van der Waals surface area (Å²) in [6.07, 6.45) is 0.917. The van der Waals surface area contributed by atoms with Gasteiger partial charge < -0.3 is 10.6 Å². The van der Waals surface area contributed by atoms with E-state index in [0.717, 1.165) is 37.8 Å². The van der Waals surface area contributed by atoms with Gasteiger partial charge in [0.25, 0.3) is 0 Å². The van der Waals surface area contributed by atoms with Crippen molar-refractivity contribution in [1.82, 2.24) is 20.1 Å². The van der Waals surface area contributed by atoms with Crippen LogP contribution in [0.4, 0.5) is 5.95 Å². The van der Waals surface area contributed by atoms with Gasteiger partial charge in [0, 0.05) is 25.6 Å². The molecular formula is C11H23N5. The van der Waals surface area contributed by atoms with E-state index in [4.69, 9.17) is 0 Å². The van der Waals surface area contributed by atoms with Crippen LogP contribution in [-0.4, -0.2) is 33.9 Å². The third-order valence-electron chi connectivity index (χ3n) is 2.52. The Hall–Kier alpha value is -1.10. The van der Waals surface area contributed by atoms with Crippen molar-refractivity contribution < 1.29 is 0 Å². The third-order valence-corrected chi connectivity index (χ3v) is 2.52. The molecule has 0 amide bonds. The molecule has 0 saturated heterocycles. The molecule has 1 rings (SSSR count). The summed E-state index contributed by atoms with van der Waals surface area (Å²) >= 11 is 0. The maximum absolute atomic E-state index is 4.24. The fourth-order valence-corrected chi connectivity index (χ4v) is 1.80. The SMILES string of the molecule is CCNc1nnc(CC(C)NCC)n1CC. The molecule has 0 aromatic carbocycles. The van der Waals surface area contributed by atoms with Crippen molar-refractivity contribution in [3.05, 3.63) is 5.82 Å². The summed E-state index contributed by atoms with van der Waals surface area (Å²) in [5, 5.41) is 15.0. The summed E-state index contributed by atoms with van der Waals surface area (Å²) in [7, 11) is 0. The second-order valence-electron chi connectivity index (χ2n) is 3.88. The summed E-state index contributed by atoms with van der Waals surface area (Å²) in [4.78, 5) is 0. The molecule has 0 aliphatic heterocycles. The molecular weight excluding hydrogens is 202 g/mol. The van der Waals surface area contributed by atoms with Gasteiger partial charge in [-0.25, -0.2) is 0 Å². The standard InChI is InChI=1S/C11H23N5/c1-5-12-9(4)8-10-14-15-11(13-6-2)16(10)7-3/h9,12H,5-8H2,1-4H3,(H,13,15). The van der Waals surface area contributed by atoms with Crippen molar-refractivity contribution in [1.29, 1.82) is 0 Å². The minimum Gasteiger partial charge on any atom is -0.355 e. The maximum atomic E-state index is 4.24. The molecule has 0 aliphatic carbocycles. The van der Waals surface area contributed by atoms with Crippen LogP contribution in [0, 0.1) is 0 Å². The number of nitrogens with one attached hydrogen (secondary N) is 2. The molecule has 0 radical (unpaired) electrons. The average Bonchev–Trinajstić information content (AvgIpc) is 2.61. The highest BCUT2D eigenvalue weighted by atomic mass is 15.3. The Bertz CT molecular complexity index is 307. The van der Waals surface area contributed by atoms with Crippen LogP contribution in [0.25, 0.3) is 0 Å². The van der Waals surface area contributed by atoms with Crippen LogP contribution in [0.3, 0.4) is 0 Å². The zero-order chi connectivity index (χ0) is 12.0. The lowest BCUT2D eigenvalue weighted by atomic mass is 10.2. The molecule has 0 fully saturated rings. The Labute approximate surface area is 97.6 Å². The van der Waals surface area contributed by atoms with Crippen molar-refractivity contribution in [2.24, 2.45) is 0 Å². The van der Waals surface area contributed by atoms with E-state index in [1.165, 1.54) is 0 Å². The molecule has 1 aromatic heterocycles. The van der Waals surface area contributed by atoms with Crippen molar-refractivity contribution >= 4 is 5.95 Å². The lowest BCUT2D eigenvalue weighted by Crippen LogP contribution is -2.29. The maximum Gasteiger partial charge on any atom is 0.224 e. The Balaban J connectivity index is 2.71. The topological polar surface area (TPSA) is 54.8 Å². The first-order valence-corrected chi connectivity index (χ1v) is 6.12. The molecule has 5 heteroatoms. The van der Waals surface area contributed by atoms with Gasteiger partial charge in [0.05, 0.1) is 0 Å². The summed E-state index contributed by atoms with van der Waals surface area (Å²) < 4.78 is 2.14. The first-order chi connectivity index (χ1) is 7.72. The number of aromatic nitrogens is 3. The van der Waals surface area contributed by atoms with E-state index < -0.39 is 0 Å². The van der Waals surface area contributed by atoms with Gasteiger partial charge in [0.2, 0.25) is 5.95 Å². The summed E-state index contributed by atoms with van der Waals surface area (Å²) in [6, 6.07) is 0.439. The van der Waals surface area contributed by atoms with Gasteiger partial charge in [-0.3, -0.25) is 4.57 Å². The highest BCUT2D eigenvalue weighted by Crippen LogP contribution is 2.09. The average molecular weight is 225 g/mol. The largest absolute Gasteiger partial charge is 0.355 e. The molecule has 1 heterocycles. The van der Waals surface area contributed by atoms with E-state index in [0.29, 0.717) is 6.04 Å². The molecule has 5 nitrogen and oxygen atoms in total. The van der Waals surface area contributed by atoms with E-state index in [-0.39, 0.29) is 0 Å². The van der Waals surface area contributed by atoms with Gasteiger partial charge in [-0.15, -0.1) is 10.2 Å². The normalized spacial score (nSPS) is 12.8. The van der Waals surface area contributed by atoms with E-state index in [9.17, 15) is 0 Å². The van der Waals surface area contributed by atoms with Crippen molar-refractivity contribution in [3.8, 4) is 0 Å². The summed E-state index contributed by atoms with van der Waals surface area (Å²) in [6.45, 7) is 11.2. The molecule has 1 atom stereocenters. The zero-order valence-corrected chi connectivity index (χ0v) is 10.7. The van der Waals surface area contributed by atoms with Crippen LogP contribution in [0.2, 0.25) is 0 Å². The minimum absolute atomic E-state index is 0.439. The van der Waals surface area contributed by atoms with Crippen LogP contribution in [-0.2, 0) is 13.0 Å². The van der Waals surface area contributed by atoms with Crippen LogP contribution >= 0.6 is 0 Å². The van der Waals surface area contributed by atoms with E-state index >= 15 is 0 Å². The van der Waals surface area contributed by atoms with Gasteiger partial charge in [0.15, 0.2) is 0 Å². The van der Waals surface area contributed by atoms with Gasteiger partial charge in [-0.05, 0) is 27.3 Å². The number of likely N-dealkylation sites (N-methyl/N-ethyl adjacent to an activating group) is 1. The number of anilines is 1. The predicted octanol–water partition coefficient (Wildman–Crippen LogP) is 1.27. The van der Waals surface area contributed by atoms with Gasteiger partial charge >= 0.3 is 0 Å². The van der Waals surface area contributed by atoms with Gasteiger partial charge in [-0.2, -0.15) is 0 Å². The Kier molecular flexibility index (Phi) is 5.25. The molecule has 16 heavy (non-hydrogen) atoms. The number of hydrogen-bond acceptors (Lipinski definition) is 4. The third kappa shape index (κ3) is 3.20. The molecule has 0 aliphatic rings. The molecule has 2 N–H and O–H groups in total. The van der Waals surface area contributed by atoms with Gasteiger partial charge in [-0.1, -0.05) is 6.92 Å². The molecule has 92 valence electrons. The van der Waals surface area contributed by atoms with Crippen LogP contribution in [0.1, 0.15) is 33.5 Å². The van der Waals surface area contributed by atoms with E-state index in [1.54, 1.807) is 0 Å². The lowest BCUT2D eigenvalue weighted by molar-refractivity contribution is 0.536. The highest BCUT2D eigenvalue weighted by molar-refractivity contribution is 5.25. The van der Waals surface area contributed by atoms with Crippen LogP contribution < -0.4 is 10.6 Å². The molecule has 1 aromatic rings. The first-order valence-electron chi connectivity index (χ1n) is 6.12. The summed E-state index contributed by atoms with van der Waals surface area (Å²) in [5.74, 6) is 1.93. The van der Waals surface area contributed by atoms with Crippen molar-refractivity contribution in [2.45, 2.75) is 46.7 Å². The van der Waals surface area contributed by atoms with Crippen LogP contribution in [0.15, 0.2) is 0 Å². The molecule has 0 saturated carbocycles. The van der Waals surface area contributed by atoms with Crippen molar-refractivity contribution in [2.75, 3.05) is 18.4 Å². The fraction of sp³-hybridized carbons (Fsp3) is 0.818. The number of nitrogens with zero attached hydrogens (tertiary/aromatic N) is 3. The second kappa shape index (κ2) is 6.48. The zero-order valence-electron chi connectivity index (χ0n) is 10.7.